The van der Waals surface area contributed by atoms with Gasteiger partial charge in [0.1, 0.15) is 6.61 Å². The number of hydroxylamine groups is 2. The molecule has 0 aliphatic carbocycles. The fourth-order valence-electron chi connectivity index (χ4n) is 3.01. The summed E-state index contributed by atoms with van der Waals surface area (Å²) >= 11 is 0. The van der Waals surface area contributed by atoms with Crippen LogP contribution in [0.1, 0.15) is 24.8 Å². The van der Waals surface area contributed by atoms with E-state index in [1.54, 1.807) is 4.90 Å². The largest absolute Gasteiger partial charge is 0.481 e. The minimum atomic E-state index is -0.866. The SMILES string of the molecule is O=C(O)CC1CCC2CN1C(=O)N2OCc1ccccc1. The normalized spacial score (nSPS) is 24.5. The summed E-state index contributed by atoms with van der Waals surface area (Å²) in [6.45, 7) is 0.909. The van der Waals surface area contributed by atoms with Crippen LogP contribution in [0.5, 0.6) is 0 Å². The maximum atomic E-state index is 12.3. The number of urea groups is 1. The standard InChI is InChI=1S/C15H18N2O4/c18-14(19)8-12-6-7-13-9-16(12)15(20)17(13)21-10-11-4-2-1-3-5-11/h1-5,12-13H,6-10H2,(H,18,19). The number of carbonyl (C=O) groups excluding carboxylic acids is 1. The first-order valence-corrected chi connectivity index (χ1v) is 7.13. The van der Waals surface area contributed by atoms with Gasteiger partial charge in [0.2, 0.25) is 0 Å². The summed E-state index contributed by atoms with van der Waals surface area (Å²) in [7, 11) is 0. The van der Waals surface area contributed by atoms with Gasteiger partial charge in [0.05, 0.1) is 12.5 Å². The summed E-state index contributed by atoms with van der Waals surface area (Å²) < 4.78 is 0. The summed E-state index contributed by atoms with van der Waals surface area (Å²) in [5.74, 6) is -0.866. The van der Waals surface area contributed by atoms with Gasteiger partial charge in [-0.3, -0.25) is 9.63 Å². The number of hydrogen-bond acceptors (Lipinski definition) is 3. The summed E-state index contributed by atoms with van der Waals surface area (Å²) in [5.41, 5.74) is 1.00. The number of hydrogen-bond donors (Lipinski definition) is 1. The molecule has 6 nitrogen and oxygen atoms in total. The van der Waals surface area contributed by atoms with E-state index < -0.39 is 5.97 Å². The summed E-state index contributed by atoms with van der Waals surface area (Å²) in [6, 6.07) is 9.28. The van der Waals surface area contributed by atoms with E-state index in [1.807, 2.05) is 30.3 Å². The number of aliphatic carboxylic acids is 1. The lowest BCUT2D eigenvalue weighted by Crippen LogP contribution is -2.41. The van der Waals surface area contributed by atoms with Gasteiger partial charge in [-0.25, -0.2) is 4.79 Å². The summed E-state index contributed by atoms with van der Waals surface area (Å²) in [6.07, 6.45) is 1.51. The highest BCUT2D eigenvalue weighted by Crippen LogP contribution is 2.31. The van der Waals surface area contributed by atoms with Crippen molar-refractivity contribution in [2.24, 2.45) is 0 Å². The predicted octanol–water partition coefficient (Wildman–Crippen LogP) is 1.86. The Morgan fingerprint density at radius 2 is 2.05 bits per heavy atom. The molecule has 6 heteroatoms. The monoisotopic (exact) mass is 290 g/mol. The molecule has 2 heterocycles. The van der Waals surface area contributed by atoms with Gasteiger partial charge in [-0.15, -0.1) is 0 Å². The molecular formula is C15H18N2O4. The summed E-state index contributed by atoms with van der Waals surface area (Å²) in [4.78, 5) is 30.5. The van der Waals surface area contributed by atoms with Crippen LogP contribution in [0.15, 0.2) is 30.3 Å². The third kappa shape index (κ3) is 2.85. The number of benzene rings is 1. The van der Waals surface area contributed by atoms with Gasteiger partial charge in [-0.2, -0.15) is 5.06 Å². The van der Waals surface area contributed by atoms with E-state index in [0.29, 0.717) is 19.6 Å². The topological polar surface area (TPSA) is 70.1 Å². The van der Waals surface area contributed by atoms with Crippen LogP contribution in [0, 0.1) is 0 Å². The highest BCUT2D eigenvalue weighted by molar-refractivity contribution is 5.78. The van der Waals surface area contributed by atoms with E-state index >= 15 is 0 Å². The van der Waals surface area contributed by atoms with Crippen molar-refractivity contribution < 1.29 is 19.5 Å². The maximum absolute atomic E-state index is 12.3. The van der Waals surface area contributed by atoms with Gasteiger partial charge in [-0.05, 0) is 18.4 Å². The molecule has 2 saturated heterocycles. The first-order chi connectivity index (χ1) is 10.1. The zero-order valence-corrected chi connectivity index (χ0v) is 11.6. The number of carboxylic acid groups (broad SMARTS) is 1. The molecule has 0 aromatic heterocycles. The van der Waals surface area contributed by atoms with Crippen LogP contribution < -0.4 is 0 Å². The van der Waals surface area contributed by atoms with Gasteiger partial charge < -0.3 is 10.0 Å². The van der Waals surface area contributed by atoms with E-state index in [-0.39, 0.29) is 24.5 Å². The predicted molar refractivity (Wildman–Crippen MR) is 74.2 cm³/mol. The molecule has 2 unspecified atom stereocenters. The van der Waals surface area contributed by atoms with Crippen molar-refractivity contribution in [3.63, 3.8) is 0 Å². The van der Waals surface area contributed by atoms with Crippen molar-refractivity contribution in [1.82, 2.24) is 9.96 Å². The van der Waals surface area contributed by atoms with Crippen molar-refractivity contribution in [1.29, 1.82) is 0 Å². The van der Waals surface area contributed by atoms with Crippen molar-refractivity contribution >= 4 is 12.0 Å². The van der Waals surface area contributed by atoms with Crippen LogP contribution in [-0.4, -0.2) is 45.7 Å². The molecule has 2 amide bonds. The fraction of sp³-hybridized carbons (Fsp3) is 0.467. The van der Waals surface area contributed by atoms with Crippen molar-refractivity contribution in [3.8, 4) is 0 Å². The second-order valence-corrected chi connectivity index (χ2v) is 5.50. The zero-order chi connectivity index (χ0) is 14.8. The first kappa shape index (κ1) is 13.9. The Morgan fingerprint density at radius 3 is 2.76 bits per heavy atom. The van der Waals surface area contributed by atoms with E-state index in [4.69, 9.17) is 9.94 Å². The van der Waals surface area contributed by atoms with Gasteiger partial charge in [0.15, 0.2) is 0 Å². The molecular weight excluding hydrogens is 272 g/mol. The van der Waals surface area contributed by atoms with Crippen LogP contribution in [0.25, 0.3) is 0 Å². The first-order valence-electron chi connectivity index (χ1n) is 7.13. The lowest BCUT2D eigenvalue weighted by atomic mass is 9.98. The Balaban J connectivity index is 1.63. The maximum Gasteiger partial charge on any atom is 0.344 e. The van der Waals surface area contributed by atoms with Crippen LogP contribution in [0.2, 0.25) is 0 Å². The molecule has 2 aliphatic heterocycles. The molecule has 2 bridgehead atoms. The number of carbonyl (C=O) groups is 2. The van der Waals surface area contributed by atoms with Crippen LogP contribution in [0.3, 0.4) is 0 Å². The zero-order valence-electron chi connectivity index (χ0n) is 11.6. The lowest BCUT2D eigenvalue weighted by Gasteiger charge is -2.29. The smallest absolute Gasteiger partial charge is 0.344 e. The Labute approximate surface area is 122 Å². The van der Waals surface area contributed by atoms with Crippen LogP contribution >= 0.6 is 0 Å². The number of carboxylic acids is 1. The van der Waals surface area contributed by atoms with Gasteiger partial charge in [0.25, 0.3) is 0 Å². The minimum absolute atomic E-state index is 0.00495. The molecule has 21 heavy (non-hydrogen) atoms. The Hall–Kier alpha value is -2.08. The van der Waals surface area contributed by atoms with Crippen LogP contribution in [-0.2, 0) is 16.2 Å². The number of nitrogens with zero attached hydrogens (tertiary/aromatic N) is 2. The number of piperidine rings is 1. The number of rotatable bonds is 5. The highest BCUT2D eigenvalue weighted by atomic mass is 16.7. The van der Waals surface area contributed by atoms with Gasteiger partial charge in [-0.1, -0.05) is 30.3 Å². The Morgan fingerprint density at radius 1 is 1.29 bits per heavy atom. The number of fused-ring (bicyclic) bond motifs is 2. The summed E-state index contributed by atoms with van der Waals surface area (Å²) in [5, 5.41) is 10.3. The second-order valence-electron chi connectivity index (χ2n) is 5.50. The van der Waals surface area contributed by atoms with Crippen molar-refractivity contribution in [3.05, 3.63) is 35.9 Å². The van der Waals surface area contributed by atoms with Gasteiger partial charge in [0, 0.05) is 12.6 Å². The number of amides is 2. The van der Waals surface area contributed by atoms with Gasteiger partial charge >= 0.3 is 12.0 Å². The molecule has 2 atom stereocenters. The highest BCUT2D eigenvalue weighted by Gasteiger charge is 2.45. The van der Waals surface area contributed by atoms with E-state index in [9.17, 15) is 9.59 Å². The second kappa shape index (κ2) is 5.73. The third-order valence-corrected chi connectivity index (χ3v) is 4.07. The van der Waals surface area contributed by atoms with Crippen molar-refractivity contribution in [2.75, 3.05) is 6.54 Å². The molecule has 112 valence electrons. The molecule has 1 aromatic rings. The molecule has 1 aromatic carbocycles. The van der Waals surface area contributed by atoms with Crippen molar-refractivity contribution in [2.45, 2.75) is 38.0 Å². The van der Waals surface area contributed by atoms with E-state index in [0.717, 1.165) is 12.0 Å². The molecule has 0 spiro atoms. The van der Waals surface area contributed by atoms with E-state index in [2.05, 4.69) is 0 Å². The molecule has 0 saturated carbocycles. The average molecular weight is 290 g/mol. The third-order valence-electron chi connectivity index (χ3n) is 4.07. The molecule has 2 fully saturated rings. The molecule has 3 rings (SSSR count). The fourth-order valence-corrected chi connectivity index (χ4v) is 3.01. The minimum Gasteiger partial charge on any atom is -0.481 e. The lowest BCUT2D eigenvalue weighted by molar-refractivity contribution is -0.140. The molecule has 0 radical (unpaired) electrons. The average Bonchev–Trinajstić information content (AvgIpc) is 2.73. The Bertz CT molecular complexity index is 534. The molecule has 1 N–H and O–H groups in total. The quantitative estimate of drug-likeness (QED) is 0.898. The van der Waals surface area contributed by atoms with E-state index in [1.165, 1.54) is 5.06 Å². The van der Waals surface area contributed by atoms with Crippen LogP contribution in [0.4, 0.5) is 4.79 Å². The Kier molecular flexibility index (Phi) is 3.79. The molecule has 2 aliphatic rings.